The molecule has 2 aromatic rings. The van der Waals surface area contributed by atoms with E-state index >= 15 is 0 Å². The van der Waals surface area contributed by atoms with E-state index in [-0.39, 0.29) is 5.91 Å². The summed E-state index contributed by atoms with van der Waals surface area (Å²) in [5.74, 6) is 0.482. The van der Waals surface area contributed by atoms with E-state index in [1.807, 2.05) is 42.5 Å². The van der Waals surface area contributed by atoms with Gasteiger partial charge >= 0.3 is 0 Å². The fourth-order valence-electron chi connectivity index (χ4n) is 2.65. The summed E-state index contributed by atoms with van der Waals surface area (Å²) in [6.45, 7) is 8.93. The molecule has 4 nitrogen and oxygen atoms in total. The van der Waals surface area contributed by atoms with Crippen LogP contribution in [-0.4, -0.2) is 25.6 Å². The van der Waals surface area contributed by atoms with Gasteiger partial charge in [-0.2, -0.15) is 0 Å². The van der Waals surface area contributed by atoms with Gasteiger partial charge in [-0.1, -0.05) is 25.5 Å². The van der Waals surface area contributed by atoms with Crippen molar-refractivity contribution >= 4 is 17.3 Å². The highest BCUT2D eigenvalue weighted by Gasteiger charge is 2.12. The van der Waals surface area contributed by atoms with E-state index in [1.54, 1.807) is 6.07 Å². The van der Waals surface area contributed by atoms with Gasteiger partial charge in [0.1, 0.15) is 5.75 Å². The average molecular weight is 340 g/mol. The summed E-state index contributed by atoms with van der Waals surface area (Å²) in [6.07, 6.45) is 2.04. The molecule has 0 unspecified atom stereocenters. The smallest absolute Gasteiger partial charge is 0.259 e. The zero-order valence-corrected chi connectivity index (χ0v) is 15.4. The Morgan fingerprint density at radius 3 is 2.32 bits per heavy atom. The number of anilines is 2. The van der Waals surface area contributed by atoms with Gasteiger partial charge < -0.3 is 15.0 Å². The highest BCUT2D eigenvalue weighted by molar-refractivity contribution is 6.06. The van der Waals surface area contributed by atoms with Crippen LogP contribution in [0.2, 0.25) is 0 Å². The number of carbonyl (C=O) groups excluding carboxylic acids is 1. The predicted octanol–water partition coefficient (Wildman–Crippen LogP) is 4.96. The van der Waals surface area contributed by atoms with Crippen molar-refractivity contribution in [3.05, 3.63) is 54.1 Å². The third kappa shape index (κ3) is 5.24. The Balaban J connectivity index is 2.07. The van der Waals surface area contributed by atoms with E-state index in [4.69, 9.17) is 4.74 Å². The Labute approximate surface area is 150 Å². The molecular formula is C21H28N2O2. The molecule has 1 amide bonds. The summed E-state index contributed by atoms with van der Waals surface area (Å²) >= 11 is 0. The first-order valence-corrected chi connectivity index (χ1v) is 9.07. The highest BCUT2D eigenvalue weighted by atomic mass is 16.5. The van der Waals surface area contributed by atoms with Crippen molar-refractivity contribution < 1.29 is 9.53 Å². The molecule has 1 N–H and O–H groups in total. The number of hydrogen-bond acceptors (Lipinski definition) is 3. The number of rotatable bonds is 9. The van der Waals surface area contributed by atoms with Crippen LogP contribution in [0.5, 0.6) is 5.75 Å². The first-order valence-electron chi connectivity index (χ1n) is 9.07. The van der Waals surface area contributed by atoms with Crippen molar-refractivity contribution in [2.24, 2.45) is 0 Å². The zero-order chi connectivity index (χ0) is 18.1. The molecule has 25 heavy (non-hydrogen) atoms. The lowest BCUT2D eigenvalue weighted by Gasteiger charge is -2.21. The summed E-state index contributed by atoms with van der Waals surface area (Å²) < 4.78 is 5.75. The second-order valence-corrected chi connectivity index (χ2v) is 5.87. The number of carbonyl (C=O) groups is 1. The summed E-state index contributed by atoms with van der Waals surface area (Å²) in [5.41, 5.74) is 2.50. The van der Waals surface area contributed by atoms with Crippen LogP contribution >= 0.6 is 0 Å². The molecule has 0 heterocycles. The van der Waals surface area contributed by atoms with Crippen molar-refractivity contribution in [3.8, 4) is 5.75 Å². The number of hydrogen-bond donors (Lipinski definition) is 1. The fourth-order valence-corrected chi connectivity index (χ4v) is 2.65. The maximum Gasteiger partial charge on any atom is 0.259 e. The van der Waals surface area contributed by atoms with Crippen molar-refractivity contribution in [3.63, 3.8) is 0 Å². The quantitative estimate of drug-likeness (QED) is 0.656. The Hall–Kier alpha value is -2.49. The lowest BCUT2D eigenvalue weighted by Crippen LogP contribution is -2.21. The molecule has 0 aromatic heterocycles. The van der Waals surface area contributed by atoms with Gasteiger partial charge in [0.25, 0.3) is 5.91 Å². The van der Waals surface area contributed by atoms with E-state index < -0.39 is 0 Å². The van der Waals surface area contributed by atoms with Gasteiger partial charge in [-0.05, 0) is 56.7 Å². The molecule has 4 heteroatoms. The average Bonchev–Trinajstić information content (AvgIpc) is 2.64. The van der Waals surface area contributed by atoms with E-state index in [0.29, 0.717) is 17.9 Å². The third-order valence-corrected chi connectivity index (χ3v) is 4.14. The summed E-state index contributed by atoms with van der Waals surface area (Å²) in [7, 11) is 0. The first-order chi connectivity index (χ1) is 12.2. The molecule has 134 valence electrons. The molecule has 0 saturated carbocycles. The monoisotopic (exact) mass is 340 g/mol. The topological polar surface area (TPSA) is 41.6 Å². The Bertz CT molecular complexity index is 664. The number of ether oxygens (including phenoxy) is 1. The summed E-state index contributed by atoms with van der Waals surface area (Å²) in [6, 6.07) is 15.3. The minimum atomic E-state index is -0.150. The lowest BCUT2D eigenvalue weighted by molar-refractivity contribution is 0.102. The molecule has 0 radical (unpaired) electrons. The van der Waals surface area contributed by atoms with Crippen molar-refractivity contribution in [2.45, 2.75) is 33.6 Å². The SMILES string of the molecule is CCCCOc1ccccc1C(=O)Nc1ccc(N(CC)CC)cc1. The van der Waals surface area contributed by atoms with E-state index in [2.05, 4.69) is 31.0 Å². The van der Waals surface area contributed by atoms with Gasteiger partial charge in [0.05, 0.1) is 12.2 Å². The summed E-state index contributed by atoms with van der Waals surface area (Å²) in [4.78, 5) is 14.9. The van der Waals surface area contributed by atoms with Gasteiger partial charge in [-0.25, -0.2) is 0 Å². The number of amides is 1. The van der Waals surface area contributed by atoms with E-state index in [1.165, 1.54) is 0 Å². The number of nitrogens with zero attached hydrogens (tertiary/aromatic N) is 1. The largest absolute Gasteiger partial charge is 0.493 e. The normalized spacial score (nSPS) is 10.4. The molecule has 0 aliphatic carbocycles. The standard InChI is InChI=1S/C21H28N2O2/c1-4-7-16-25-20-11-9-8-10-19(20)21(24)22-17-12-14-18(15-13-17)23(5-2)6-3/h8-15H,4-7,16H2,1-3H3,(H,22,24). The summed E-state index contributed by atoms with van der Waals surface area (Å²) in [5, 5.41) is 2.95. The maximum absolute atomic E-state index is 12.6. The molecule has 0 atom stereocenters. The van der Waals surface area contributed by atoms with Crippen LogP contribution in [0.4, 0.5) is 11.4 Å². The van der Waals surface area contributed by atoms with Crippen LogP contribution in [0.3, 0.4) is 0 Å². The number of benzene rings is 2. The molecule has 0 aliphatic rings. The van der Waals surface area contributed by atoms with Gasteiger partial charge in [0, 0.05) is 24.5 Å². The zero-order valence-electron chi connectivity index (χ0n) is 15.4. The second kappa shape index (κ2) is 9.72. The Morgan fingerprint density at radius 2 is 1.68 bits per heavy atom. The first kappa shape index (κ1) is 18.8. The number of nitrogens with one attached hydrogen (secondary N) is 1. The molecule has 2 rings (SSSR count). The van der Waals surface area contributed by atoms with Gasteiger partial charge in [0.15, 0.2) is 0 Å². The molecule has 0 aliphatic heterocycles. The minimum absolute atomic E-state index is 0.150. The predicted molar refractivity (Wildman–Crippen MR) is 105 cm³/mol. The van der Waals surface area contributed by atoms with E-state index in [0.717, 1.165) is 37.3 Å². The van der Waals surface area contributed by atoms with Crippen LogP contribution in [0.15, 0.2) is 48.5 Å². The number of unbranched alkanes of at least 4 members (excludes halogenated alkanes) is 1. The second-order valence-electron chi connectivity index (χ2n) is 5.87. The molecule has 0 fully saturated rings. The lowest BCUT2D eigenvalue weighted by atomic mass is 10.1. The molecular weight excluding hydrogens is 312 g/mol. The van der Waals surface area contributed by atoms with Crippen LogP contribution < -0.4 is 15.0 Å². The minimum Gasteiger partial charge on any atom is -0.493 e. The molecule has 0 saturated heterocycles. The van der Waals surface area contributed by atoms with Crippen LogP contribution in [0, 0.1) is 0 Å². The Morgan fingerprint density at radius 1 is 1.00 bits per heavy atom. The van der Waals surface area contributed by atoms with E-state index in [9.17, 15) is 4.79 Å². The van der Waals surface area contributed by atoms with Crippen molar-refractivity contribution in [1.29, 1.82) is 0 Å². The van der Waals surface area contributed by atoms with Crippen LogP contribution in [-0.2, 0) is 0 Å². The molecule has 0 spiro atoms. The highest BCUT2D eigenvalue weighted by Crippen LogP contribution is 2.22. The van der Waals surface area contributed by atoms with Crippen LogP contribution in [0.1, 0.15) is 44.0 Å². The van der Waals surface area contributed by atoms with Crippen molar-refractivity contribution in [2.75, 3.05) is 29.9 Å². The maximum atomic E-state index is 12.6. The molecule has 0 bridgehead atoms. The van der Waals surface area contributed by atoms with Crippen LogP contribution in [0.25, 0.3) is 0 Å². The number of para-hydroxylation sites is 1. The Kier molecular flexibility index (Phi) is 7.33. The molecule has 2 aromatic carbocycles. The van der Waals surface area contributed by atoms with Gasteiger partial charge in [-0.15, -0.1) is 0 Å². The van der Waals surface area contributed by atoms with Crippen molar-refractivity contribution in [1.82, 2.24) is 0 Å². The third-order valence-electron chi connectivity index (χ3n) is 4.14. The van der Waals surface area contributed by atoms with Gasteiger partial charge in [0.2, 0.25) is 0 Å². The van der Waals surface area contributed by atoms with Gasteiger partial charge in [-0.3, -0.25) is 4.79 Å². The fraction of sp³-hybridized carbons (Fsp3) is 0.381.